The third-order valence-electron chi connectivity index (χ3n) is 3.17. The van der Waals surface area contributed by atoms with Gasteiger partial charge in [0, 0.05) is 25.2 Å². The van der Waals surface area contributed by atoms with Crippen LogP contribution in [0.5, 0.6) is 5.75 Å². The lowest BCUT2D eigenvalue weighted by atomic mass is 10.2. The summed E-state index contributed by atoms with van der Waals surface area (Å²) >= 11 is 0. The van der Waals surface area contributed by atoms with Crippen LogP contribution >= 0.6 is 0 Å². The standard InChI is InChI=1S/C16H21NO3/c1-14-13-17(8-11-19-14)9-12-20-16-6-4-15(5-7-16)3-2-10-18/h4-7,14,18H,8-13H2,1H3. The third-order valence-corrected chi connectivity index (χ3v) is 3.17. The average Bonchev–Trinajstić information content (AvgIpc) is 2.46. The van der Waals surface area contributed by atoms with Gasteiger partial charge in [0.25, 0.3) is 0 Å². The number of morpholine rings is 1. The van der Waals surface area contributed by atoms with E-state index in [1.54, 1.807) is 0 Å². The van der Waals surface area contributed by atoms with Crippen LogP contribution in [-0.4, -0.2) is 55.6 Å². The molecule has 108 valence electrons. The summed E-state index contributed by atoms with van der Waals surface area (Å²) in [5.74, 6) is 6.33. The van der Waals surface area contributed by atoms with Crippen molar-refractivity contribution < 1.29 is 14.6 Å². The first kappa shape index (κ1) is 14.9. The van der Waals surface area contributed by atoms with E-state index in [0.29, 0.717) is 12.7 Å². The van der Waals surface area contributed by atoms with E-state index in [0.717, 1.165) is 37.6 Å². The van der Waals surface area contributed by atoms with Crippen molar-refractivity contribution in [3.8, 4) is 17.6 Å². The minimum Gasteiger partial charge on any atom is -0.492 e. The third kappa shape index (κ3) is 4.86. The quantitative estimate of drug-likeness (QED) is 0.837. The van der Waals surface area contributed by atoms with Crippen LogP contribution in [0.15, 0.2) is 24.3 Å². The van der Waals surface area contributed by atoms with Crippen molar-refractivity contribution in [2.75, 3.05) is 39.5 Å². The van der Waals surface area contributed by atoms with Gasteiger partial charge in [0.2, 0.25) is 0 Å². The number of benzene rings is 1. The van der Waals surface area contributed by atoms with Crippen molar-refractivity contribution in [3.63, 3.8) is 0 Å². The lowest BCUT2D eigenvalue weighted by molar-refractivity contribution is -0.0214. The van der Waals surface area contributed by atoms with Gasteiger partial charge in [0.15, 0.2) is 0 Å². The minimum atomic E-state index is -0.115. The highest BCUT2D eigenvalue weighted by molar-refractivity contribution is 5.38. The number of hydrogen-bond donors (Lipinski definition) is 1. The first-order chi connectivity index (χ1) is 9.78. The zero-order valence-corrected chi connectivity index (χ0v) is 11.8. The van der Waals surface area contributed by atoms with Crippen molar-refractivity contribution in [3.05, 3.63) is 29.8 Å². The normalized spacial score (nSPS) is 19.2. The number of rotatable bonds is 4. The molecule has 4 nitrogen and oxygen atoms in total. The van der Waals surface area contributed by atoms with E-state index >= 15 is 0 Å². The molecule has 1 saturated heterocycles. The van der Waals surface area contributed by atoms with Crippen LogP contribution in [0.25, 0.3) is 0 Å². The number of hydrogen-bond acceptors (Lipinski definition) is 4. The van der Waals surface area contributed by atoms with Crippen molar-refractivity contribution in [2.24, 2.45) is 0 Å². The largest absolute Gasteiger partial charge is 0.492 e. The Morgan fingerprint density at radius 3 is 2.90 bits per heavy atom. The molecule has 0 aromatic heterocycles. The molecule has 0 amide bonds. The first-order valence-electron chi connectivity index (χ1n) is 6.94. The van der Waals surface area contributed by atoms with Crippen LogP contribution < -0.4 is 4.74 Å². The van der Waals surface area contributed by atoms with Gasteiger partial charge in [-0.3, -0.25) is 4.90 Å². The summed E-state index contributed by atoms with van der Waals surface area (Å²) < 4.78 is 11.2. The molecule has 1 aromatic rings. The van der Waals surface area contributed by atoms with Gasteiger partial charge in [-0.1, -0.05) is 11.8 Å². The molecule has 20 heavy (non-hydrogen) atoms. The van der Waals surface area contributed by atoms with E-state index in [-0.39, 0.29) is 6.61 Å². The van der Waals surface area contributed by atoms with Crippen molar-refractivity contribution in [1.29, 1.82) is 0 Å². The number of aliphatic hydroxyl groups excluding tert-OH is 1. The van der Waals surface area contributed by atoms with Crippen LogP contribution in [0.2, 0.25) is 0 Å². The molecule has 0 bridgehead atoms. The minimum absolute atomic E-state index is 0.115. The van der Waals surface area contributed by atoms with E-state index in [4.69, 9.17) is 14.6 Å². The zero-order valence-electron chi connectivity index (χ0n) is 11.8. The molecule has 1 atom stereocenters. The summed E-state index contributed by atoms with van der Waals surface area (Å²) in [5, 5.41) is 8.63. The number of aliphatic hydroxyl groups is 1. The fraction of sp³-hybridized carbons (Fsp3) is 0.500. The van der Waals surface area contributed by atoms with E-state index in [1.807, 2.05) is 24.3 Å². The molecule has 1 aliphatic rings. The van der Waals surface area contributed by atoms with Crippen molar-refractivity contribution in [1.82, 2.24) is 4.90 Å². The van der Waals surface area contributed by atoms with Crippen LogP contribution in [0.1, 0.15) is 12.5 Å². The molecule has 0 spiro atoms. The van der Waals surface area contributed by atoms with Crippen molar-refractivity contribution in [2.45, 2.75) is 13.0 Å². The Kier molecular flexibility index (Phi) is 5.87. The van der Waals surface area contributed by atoms with Gasteiger partial charge < -0.3 is 14.6 Å². The molecule has 1 N–H and O–H groups in total. The number of ether oxygens (including phenoxy) is 2. The number of nitrogens with zero attached hydrogens (tertiary/aromatic N) is 1. The Labute approximate surface area is 120 Å². The van der Waals surface area contributed by atoms with E-state index < -0.39 is 0 Å². The maximum atomic E-state index is 8.63. The molecule has 4 heteroatoms. The van der Waals surface area contributed by atoms with E-state index in [2.05, 4.69) is 23.7 Å². The maximum Gasteiger partial charge on any atom is 0.119 e. The molecular formula is C16H21NO3. The molecule has 1 fully saturated rings. The fourth-order valence-corrected chi connectivity index (χ4v) is 2.16. The van der Waals surface area contributed by atoms with Gasteiger partial charge in [-0.25, -0.2) is 0 Å². The van der Waals surface area contributed by atoms with Gasteiger partial charge in [0.05, 0.1) is 12.7 Å². The molecule has 0 radical (unpaired) electrons. The molecule has 0 saturated carbocycles. The van der Waals surface area contributed by atoms with Gasteiger partial charge >= 0.3 is 0 Å². The summed E-state index contributed by atoms with van der Waals surface area (Å²) in [6, 6.07) is 7.61. The molecule has 1 heterocycles. The molecule has 0 aliphatic carbocycles. The second-order valence-corrected chi connectivity index (χ2v) is 4.81. The van der Waals surface area contributed by atoms with Crippen LogP contribution in [0, 0.1) is 11.8 Å². The van der Waals surface area contributed by atoms with Gasteiger partial charge in [-0.2, -0.15) is 0 Å². The SMILES string of the molecule is CC1CN(CCOc2ccc(C#CCO)cc2)CCO1. The first-order valence-corrected chi connectivity index (χ1v) is 6.94. The maximum absolute atomic E-state index is 8.63. The molecule has 1 aromatic carbocycles. The van der Waals surface area contributed by atoms with Gasteiger partial charge in [-0.05, 0) is 31.2 Å². The van der Waals surface area contributed by atoms with Gasteiger partial charge in [-0.15, -0.1) is 0 Å². The smallest absolute Gasteiger partial charge is 0.119 e. The lowest BCUT2D eigenvalue weighted by Crippen LogP contribution is -2.42. The Bertz CT molecular complexity index is 461. The summed E-state index contributed by atoms with van der Waals surface area (Å²) in [5.41, 5.74) is 0.883. The molecule has 1 aliphatic heterocycles. The lowest BCUT2D eigenvalue weighted by Gasteiger charge is -2.30. The molecule has 1 unspecified atom stereocenters. The highest BCUT2D eigenvalue weighted by Crippen LogP contribution is 2.12. The van der Waals surface area contributed by atoms with Crippen LogP contribution in [0.4, 0.5) is 0 Å². The zero-order chi connectivity index (χ0) is 14.2. The monoisotopic (exact) mass is 275 g/mol. The second kappa shape index (κ2) is 7.91. The summed E-state index contributed by atoms with van der Waals surface area (Å²) in [7, 11) is 0. The summed E-state index contributed by atoms with van der Waals surface area (Å²) in [4.78, 5) is 2.36. The molecular weight excluding hydrogens is 254 g/mol. The Hall–Kier alpha value is -1.54. The van der Waals surface area contributed by atoms with E-state index in [9.17, 15) is 0 Å². The van der Waals surface area contributed by atoms with Crippen molar-refractivity contribution >= 4 is 0 Å². The van der Waals surface area contributed by atoms with Crippen LogP contribution in [-0.2, 0) is 4.74 Å². The topological polar surface area (TPSA) is 41.9 Å². The Morgan fingerprint density at radius 1 is 1.40 bits per heavy atom. The molecule has 2 rings (SSSR count). The predicted molar refractivity (Wildman–Crippen MR) is 77.8 cm³/mol. The Morgan fingerprint density at radius 2 is 2.20 bits per heavy atom. The van der Waals surface area contributed by atoms with E-state index in [1.165, 1.54) is 0 Å². The Balaban J connectivity index is 1.73. The summed E-state index contributed by atoms with van der Waals surface area (Å²) in [6.07, 6.45) is 0.313. The summed E-state index contributed by atoms with van der Waals surface area (Å²) in [6.45, 7) is 6.32. The average molecular weight is 275 g/mol. The highest BCUT2D eigenvalue weighted by atomic mass is 16.5. The second-order valence-electron chi connectivity index (χ2n) is 4.81. The fourth-order valence-electron chi connectivity index (χ4n) is 2.16. The van der Waals surface area contributed by atoms with Crippen LogP contribution in [0.3, 0.4) is 0 Å². The van der Waals surface area contributed by atoms with Gasteiger partial charge in [0.1, 0.15) is 19.0 Å². The predicted octanol–water partition coefficient (Wildman–Crippen LogP) is 1.13. The highest BCUT2D eigenvalue weighted by Gasteiger charge is 2.15.